The SMILES string of the molecule is COc1cccc(F)c1CN1CC(NC2(c3ccc4[nH]nc(-c5ccncc5)c4c3)CO2)CC(F)(F)C1. The molecule has 2 atom stereocenters. The predicted octanol–water partition coefficient (Wildman–Crippen LogP) is 4.46. The average molecular weight is 510 g/mol. The van der Waals surface area contributed by atoms with Crippen molar-refractivity contribution in [3.05, 3.63) is 77.9 Å². The van der Waals surface area contributed by atoms with E-state index in [0.29, 0.717) is 18.9 Å². The molecule has 4 heterocycles. The maximum absolute atomic E-state index is 14.8. The van der Waals surface area contributed by atoms with E-state index in [-0.39, 0.29) is 18.5 Å². The van der Waals surface area contributed by atoms with Gasteiger partial charge in [0.1, 0.15) is 17.3 Å². The third kappa shape index (κ3) is 4.68. The molecule has 6 rings (SSSR count). The first-order valence-corrected chi connectivity index (χ1v) is 12.1. The summed E-state index contributed by atoms with van der Waals surface area (Å²) in [5, 5.41) is 11.7. The van der Waals surface area contributed by atoms with Gasteiger partial charge in [0.05, 0.1) is 25.8 Å². The lowest BCUT2D eigenvalue weighted by Crippen LogP contribution is -2.56. The molecular weight excluding hydrogens is 483 g/mol. The predicted molar refractivity (Wildman–Crippen MR) is 132 cm³/mol. The molecule has 192 valence electrons. The van der Waals surface area contributed by atoms with E-state index in [0.717, 1.165) is 27.7 Å². The average Bonchev–Trinajstić information content (AvgIpc) is 3.53. The number of aromatic amines is 1. The smallest absolute Gasteiger partial charge is 0.262 e. The Hall–Kier alpha value is -3.47. The van der Waals surface area contributed by atoms with Crippen molar-refractivity contribution in [2.75, 3.05) is 26.8 Å². The molecule has 2 saturated heterocycles. The van der Waals surface area contributed by atoms with E-state index in [2.05, 4.69) is 20.5 Å². The number of nitrogens with zero attached hydrogens (tertiary/aromatic N) is 3. The third-order valence-electron chi connectivity index (χ3n) is 7.01. The molecule has 0 amide bonds. The Balaban J connectivity index is 1.25. The summed E-state index contributed by atoms with van der Waals surface area (Å²) in [6, 6.07) is 13.5. The van der Waals surface area contributed by atoms with Crippen LogP contribution in [0.3, 0.4) is 0 Å². The van der Waals surface area contributed by atoms with Gasteiger partial charge in [0.25, 0.3) is 5.92 Å². The molecule has 0 radical (unpaired) electrons. The molecule has 2 aliphatic rings. The number of piperidine rings is 1. The molecule has 0 aliphatic carbocycles. The van der Waals surface area contributed by atoms with Crippen molar-refractivity contribution < 1.29 is 22.6 Å². The molecule has 2 aromatic carbocycles. The number of hydrogen-bond acceptors (Lipinski definition) is 6. The minimum atomic E-state index is -2.94. The number of hydrogen-bond donors (Lipinski definition) is 2. The number of methoxy groups -OCH3 is 1. The van der Waals surface area contributed by atoms with Crippen LogP contribution in [0.2, 0.25) is 0 Å². The zero-order valence-electron chi connectivity index (χ0n) is 20.2. The van der Waals surface area contributed by atoms with Crippen LogP contribution in [0, 0.1) is 5.82 Å². The molecule has 2 N–H and O–H groups in total. The third-order valence-corrected chi connectivity index (χ3v) is 7.01. The van der Waals surface area contributed by atoms with Gasteiger partial charge in [-0.1, -0.05) is 12.1 Å². The maximum Gasteiger partial charge on any atom is 0.262 e. The highest BCUT2D eigenvalue weighted by molar-refractivity contribution is 5.93. The molecule has 2 unspecified atom stereocenters. The molecule has 0 spiro atoms. The van der Waals surface area contributed by atoms with E-state index >= 15 is 0 Å². The largest absolute Gasteiger partial charge is 0.496 e. The summed E-state index contributed by atoms with van der Waals surface area (Å²) in [6.07, 6.45) is 3.08. The topological polar surface area (TPSA) is 78.6 Å². The maximum atomic E-state index is 14.8. The van der Waals surface area contributed by atoms with Crippen LogP contribution < -0.4 is 10.1 Å². The van der Waals surface area contributed by atoms with Gasteiger partial charge in [-0.05, 0) is 36.4 Å². The summed E-state index contributed by atoms with van der Waals surface area (Å²) in [6.45, 7) is 0.249. The molecule has 37 heavy (non-hydrogen) atoms. The Bertz CT molecular complexity index is 1420. The minimum Gasteiger partial charge on any atom is -0.496 e. The van der Waals surface area contributed by atoms with Crippen LogP contribution in [0.1, 0.15) is 17.5 Å². The number of likely N-dealkylation sites (tertiary alicyclic amines) is 1. The zero-order chi connectivity index (χ0) is 25.6. The summed E-state index contributed by atoms with van der Waals surface area (Å²) in [5.74, 6) is -3.06. The number of rotatable bonds is 7. The molecule has 0 bridgehead atoms. The van der Waals surface area contributed by atoms with Crippen LogP contribution in [0.5, 0.6) is 5.75 Å². The highest BCUT2D eigenvalue weighted by Crippen LogP contribution is 2.41. The van der Waals surface area contributed by atoms with E-state index < -0.39 is 30.1 Å². The first-order chi connectivity index (χ1) is 17.9. The van der Waals surface area contributed by atoms with Gasteiger partial charge in [0.2, 0.25) is 0 Å². The molecule has 7 nitrogen and oxygen atoms in total. The summed E-state index contributed by atoms with van der Waals surface area (Å²) < 4.78 is 55.3. The lowest BCUT2D eigenvalue weighted by Gasteiger charge is -2.39. The minimum absolute atomic E-state index is 0.0216. The van der Waals surface area contributed by atoms with Crippen LogP contribution in [-0.4, -0.2) is 58.9 Å². The van der Waals surface area contributed by atoms with Gasteiger partial charge in [-0.3, -0.25) is 20.3 Å². The Morgan fingerprint density at radius 3 is 2.76 bits per heavy atom. The second-order valence-electron chi connectivity index (χ2n) is 9.68. The fraction of sp³-hybridized carbons (Fsp3) is 0.333. The molecule has 10 heteroatoms. The van der Waals surface area contributed by atoms with E-state index in [1.807, 2.05) is 30.3 Å². The fourth-order valence-electron chi connectivity index (χ4n) is 5.25. The molecule has 2 aromatic heterocycles. The number of H-pyrrole nitrogens is 1. The van der Waals surface area contributed by atoms with E-state index in [1.54, 1.807) is 23.4 Å². The standard InChI is InChI=1S/C27H26F3N5O2/c1-36-24-4-2-3-22(28)21(24)14-35-13-19(12-26(29,30)15-35)32-27(16-37-27)18-5-6-23-20(11-18)25(34-33-23)17-7-9-31-10-8-17/h2-11,19,32H,12-16H2,1H3,(H,33,34). The van der Waals surface area contributed by atoms with Gasteiger partial charge in [-0.2, -0.15) is 5.10 Å². The Morgan fingerprint density at radius 1 is 1.19 bits per heavy atom. The number of alkyl halides is 2. The molecular formula is C27H26F3N5O2. The zero-order valence-corrected chi connectivity index (χ0v) is 20.2. The summed E-state index contributed by atoms with van der Waals surface area (Å²) in [7, 11) is 1.44. The summed E-state index contributed by atoms with van der Waals surface area (Å²) in [4.78, 5) is 5.63. The van der Waals surface area contributed by atoms with E-state index in [9.17, 15) is 13.2 Å². The van der Waals surface area contributed by atoms with Crippen molar-refractivity contribution in [1.29, 1.82) is 0 Å². The van der Waals surface area contributed by atoms with Gasteiger partial charge in [-0.25, -0.2) is 13.2 Å². The van der Waals surface area contributed by atoms with Crippen LogP contribution in [0.4, 0.5) is 13.2 Å². The van der Waals surface area contributed by atoms with Crippen LogP contribution in [-0.2, 0) is 17.0 Å². The summed E-state index contributed by atoms with van der Waals surface area (Å²) >= 11 is 0. The van der Waals surface area contributed by atoms with Gasteiger partial charge < -0.3 is 9.47 Å². The number of halogens is 3. The number of ether oxygens (including phenoxy) is 2. The van der Waals surface area contributed by atoms with Gasteiger partial charge in [0, 0.05) is 60.0 Å². The van der Waals surface area contributed by atoms with Crippen molar-refractivity contribution in [2.24, 2.45) is 0 Å². The number of aromatic nitrogens is 3. The van der Waals surface area contributed by atoms with Crippen molar-refractivity contribution >= 4 is 10.9 Å². The Kier molecular flexibility index (Phi) is 5.89. The van der Waals surface area contributed by atoms with Crippen LogP contribution >= 0.6 is 0 Å². The fourth-order valence-corrected chi connectivity index (χ4v) is 5.25. The molecule has 2 fully saturated rings. The van der Waals surface area contributed by atoms with Crippen molar-refractivity contribution in [3.8, 4) is 17.0 Å². The quantitative estimate of drug-likeness (QED) is 0.359. The van der Waals surface area contributed by atoms with Crippen LogP contribution in [0.25, 0.3) is 22.2 Å². The van der Waals surface area contributed by atoms with Crippen molar-refractivity contribution in [2.45, 2.75) is 30.7 Å². The number of pyridine rings is 1. The highest BCUT2D eigenvalue weighted by Gasteiger charge is 2.51. The van der Waals surface area contributed by atoms with Gasteiger partial charge in [0.15, 0.2) is 5.72 Å². The van der Waals surface area contributed by atoms with Crippen molar-refractivity contribution in [3.63, 3.8) is 0 Å². The molecule has 4 aromatic rings. The lowest BCUT2D eigenvalue weighted by atomic mass is 9.97. The summed E-state index contributed by atoms with van der Waals surface area (Å²) in [5.41, 5.74) is 2.81. The Labute approximate surface area is 211 Å². The van der Waals surface area contributed by atoms with Crippen LogP contribution in [0.15, 0.2) is 60.9 Å². The van der Waals surface area contributed by atoms with Crippen molar-refractivity contribution in [1.82, 2.24) is 25.4 Å². The molecule has 0 saturated carbocycles. The number of benzene rings is 2. The lowest BCUT2D eigenvalue weighted by molar-refractivity contribution is -0.0814. The first kappa shape index (κ1) is 23.9. The van der Waals surface area contributed by atoms with E-state index in [4.69, 9.17) is 9.47 Å². The highest BCUT2D eigenvalue weighted by atomic mass is 19.3. The molecule has 2 aliphatic heterocycles. The first-order valence-electron chi connectivity index (χ1n) is 12.1. The van der Waals surface area contributed by atoms with E-state index in [1.165, 1.54) is 19.2 Å². The number of fused-ring (bicyclic) bond motifs is 1. The normalized spacial score (nSPS) is 23.3. The second-order valence-corrected chi connectivity index (χ2v) is 9.68. The Morgan fingerprint density at radius 2 is 2.00 bits per heavy atom. The van der Waals surface area contributed by atoms with Gasteiger partial charge in [-0.15, -0.1) is 0 Å². The number of nitrogens with one attached hydrogen (secondary N) is 2. The number of epoxide rings is 1. The monoisotopic (exact) mass is 509 g/mol. The van der Waals surface area contributed by atoms with Gasteiger partial charge >= 0.3 is 0 Å². The second kappa shape index (κ2) is 9.13.